The van der Waals surface area contributed by atoms with Crippen LogP contribution < -0.4 is 5.73 Å². The fourth-order valence-electron chi connectivity index (χ4n) is 2.46. The van der Waals surface area contributed by atoms with Crippen molar-refractivity contribution in [2.24, 2.45) is 11.7 Å². The third kappa shape index (κ3) is 3.16. The maximum absolute atomic E-state index is 10.7. The number of hydrogen-bond acceptors (Lipinski definition) is 3. The van der Waals surface area contributed by atoms with Gasteiger partial charge in [-0.25, -0.2) is 0 Å². The highest BCUT2D eigenvalue weighted by molar-refractivity contribution is 9.10. The predicted octanol–water partition coefficient (Wildman–Crippen LogP) is 3.62. The molecule has 110 valence electrons. The van der Waals surface area contributed by atoms with Crippen molar-refractivity contribution in [1.82, 2.24) is 4.57 Å². The lowest BCUT2D eigenvalue weighted by molar-refractivity contribution is -0.384. The molecule has 5 nitrogen and oxygen atoms in total. The Kier molecular flexibility index (Phi) is 3.82. The molecule has 21 heavy (non-hydrogen) atoms. The zero-order valence-electron chi connectivity index (χ0n) is 11.4. The first kappa shape index (κ1) is 14.3. The second-order valence-corrected chi connectivity index (χ2v) is 6.37. The van der Waals surface area contributed by atoms with E-state index < -0.39 is 4.92 Å². The van der Waals surface area contributed by atoms with Crippen LogP contribution in [0.3, 0.4) is 0 Å². The molecule has 0 amide bonds. The van der Waals surface area contributed by atoms with E-state index in [0.717, 1.165) is 15.6 Å². The molecular weight excluding hydrogens is 334 g/mol. The summed E-state index contributed by atoms with van der Waals surface area (Å²) in [6, 6.07) is 7.03. The van der Waals surface area contributed by atoms with Crippen LogP contribution in [0, 0.1) is 16.0 Å². The van der Waals surface area contributed by atoms with Crippen LogP contribution in [0.2, 0.25) is 0 Å². The fraction of sp³-hybridized carbons (Fsp3) is 0.333. The lowest BCUT2D eigenvalue weighted by Gasteiger charge is -2.08. The van der Waals surface area contributed by atoms with Crippen LogP contribution in [0.15, 0.2) is 41.1 Å². The highest BCUT2D eigenvalue weighted by atomic mass is 79.9. The van der Waals surface area contributed by atoms with Crippen molar-refractivity contribution in [3.05, 3.63) is 62.4 Å². The van der Waals surface area contributed by atoms with Crippen molar-refractivity contribution < 1.29 is 4.92 Å². The van der Waals surface area contributed by atoms with Crippen LogP contribution in [0.4, 0.5) is 5.69 Å². The van der Waals surface area contributed by atoms with Gasteiger partial charge >= 0.3 is 0 Å². The van der Waals surface area contributed by atoms with Gasteiger partial charge in [0.05, 0.1) is 4.92 Å². The second kappa shape index (κ2) is 5.61. The van der Waals surface area contributed by atoms with Gasteiger partial charge in [-0.05, 0) is 42.0 Å². The number of halogens is 1. The number of nitro benzene ring substituents is 1. The summed E-state index contributed by atoms with van der Waals surface area (Å²) in [7, 11) is 0. The van der Waals surface area contributed by atoms with Crippen molar-refractivity contribution in [1.29, 1.82) is 0 Å². The van der Waals surface area contributed by atoms with E-state index in [9.17, 15) is 10.1 Å². The average Bonchev–Trinajstić information content (AvgIpc) is 3.20. The molecule has 1 aliphatic carbocycles. The van der Waals surface area contributed by atoms with Crippen molar-refractivity contribution in [2.75, 3.05) is 0 Å². The fourth-order valence-corrected chi connectivity index (χ4v) is 2.95. The molecule has 0 saturated heterocycles. The number of nitrogens with two attached hydrogens (primary N) is 1. The molecule has 2 aromatic rings. The van der Waals surface area contributed by atoms with E-state index in [1.165, 1.54) is 25.0 Å². The molecule has 1 aromatic heterocycles. The SMILES string of the molecule is NC(c1ccn(Cc2ccc([N+](=O)[O-])cc2Br)c1)C1CC1. The van der Waals surface area contributed by atoms with E-state index >= 15 is 0 Å². The Balaban J connectivity index is 1.75. The molecule has 1 aliphatic rings. The molecular formula is C15H16BrN3O2. The van der Waals surface area contributed by atoms with Gasteiger partial charge in [-0.3, -0.25) is 10.1 Å². The summed E-state index contributed by atoms with van der Waals surface area (Å²) in [6.45, 7) is 0.663. The van der Waals surface area contributed by atoms with Gasteiger partial charge < -0.3 is 10.3 Å². The Labute approximate surface area is 131 Å². The van der Waals surface area contributed by atoms with Gasteiger partial charge in [-0.1, -0.05) is 15.9 Å². The van der Waals surface area contributed by atoms with Crippen LogP contribution in [-0.2, 0) is 6.54 Å². The number of nitrogens with zero attached hydrogens (tertiary/aromatic N) is 2. The van der Waals surface area contributed by atoms with E-state index in [4.69, 9.17) is 5.73 Å². The molecule has 1 heterocycles. The first-order valence-electron chi connectivity index (χ1n) is 6.88. The third-order valence-electron chi connectivity index (χ3n) is 3.89. The van der Waals surface area contributed by atoms with Gasteiger partial charge in [-0.2, -0.15) is 0 Å². The summed E-state index contributed by atoms with van der Waals surface area (Å²) >= 11 is 3.40. The van der Waals surface area contributed by atoms with Crippen molar-refractivity contribution in [2.45, 2.75) is 25.4 Å². The summed E-state index contributed by atoms with van der Waals surface area (Å²) in [5, 5.41) is 10.7. The smallest absolute Gasteiger partial charge is 0.270 e. The molecule has 1 atom stereocenters. The number of non-ortho nitro benzene ring substituents is 1. The average molecular weight is 350 g/mol. The molecule has 0 spiro atoms. The molecule has 6 heteroatoms. The maximum atomic E-state index is 10.7. The first-order chi connectivity index (χ1) is 10.0. The van der Waals surface area contributed by atoms with Gasteiger partial charge in [0.1, 0.15) is 0 Å². The minimum atomic E-state index is -0.392. The maximum Gasteiger partial charge on any atom is 0.270 e. The molecule has 0 bridgehead atoms. The highest BCUT2D eigenvalue weighted by Crippen LogP contribution is 2.39. The molecule has 3 rings (SSSR count). The summed E-state index contributed by atoms with van der Waals surface area (Å²) in [6.07, 6.45) is 6.52. The predicted molar refractivity (Wildman–Crippen MR) is 84.0 cm³/mol. The normalized spacial score (nSPS) is 15.9. The Bertz CT molecular complexity index is 679. The van der Waals surface area contributed by atoms with E-state index in [2.05, 4.69) is 32.8 Å². The Morgan fingerprint density at radius 1 is 1.43 bits per heavy atom. The zero-order chi connectivity index (χ0) is 15.0. The molecule has 1 saturated carbocycles. The number of hydrogen-bond donors (Lipinski definition) is 1. The number of aromatic nitrogens is 1. The second-order valence-electron chi connectivity index (χ2n) is 5.51. The summed E-state index contributed by atoms with van der Waals surface area (Å²) in [5.74, 6) is 0.631. The quantitative estimate of drug-likeness (QED) is 0.661. The van der Waals surface area contributed by atoms with E-state index in [1.54, 1.807) is 6.07 Å². The molecule has 0 aliphatic heterocycles. The Morgan fingerprint density at radius 2 is 2.19 bits per heavy atom. The van der Waals surface area contributed by atoms with Gasteiger partial charge in [0.25, 0.3) is 5.69 Å². The number of benzene rings is 1. The highest BCUT2D eigenvalue weighted by Gasteiger charge is 2.29. The molecule has 1 aromatic carbocycles. The first-order valence-corrected chi connectivity index (χ1v) is 7.68. The van der Waals surface area contributed by atoms with Gasteiger partial charge in [0.2, 0.25) is 0 Å². The molecule has 0 radical (unpaired) electrons. The van der Waals surface area contributed by atoms with E-state index in [-0.39, 0.29) is 11.7 Å². The lowest BCUT2D eigenvalue weighted by Crippen LogP contribution is -2.11. The third-order valence-corrected chi connectivity index (χ3v) is 4.63. The van der Waals surface area contributed by atoms with Gasteiger partial charge in [0, 0.05) is 41.6 Å². The molecule has 1 fully saturated rings. The van der Waals surface area contributed by atoms with Crippen molar-refractivity contribution >= 4 is 21.6 Å². The number of nitro groups is 1. The minimum absolute atomic E-state index is 0.0922. The Morgan fingerprint density at radius 3 is 2.81 bits per heavy atom. The van der Waals surface area contributed by atoms with Crippen molar-refractivity contribution in [3.63, 3.8) is 0 Å². The van der Waals surface area contributed by atoms with Gasteiger partial charge in [-0.15, -0.1) is 0 Å². The topological polar surface area (TPSA) is 74.1 Å². The van der Waals surface area contributed by atoms with Crippen molar-refractivity contribution in [3.8, 4) is 0 Å². The van der Waals surface area contributed by atoms with Crippen LogP contribution in [0.1, 0.15) is 30.0 Å². The van der Waals surface area contributed by atoms with Crippen LogP contribution in [0.5, 0.6) is 0 Å². The number of rotatable bonds is 5. The Hall–Kier alpha value is -1.66. The molecule has 1 unspecified atom stereocenters. The monoisotopic (exact) mass is 349 g/mol. The standard InChI is InChI=1S/C15H16BrN3O2/c16-14-7-13(19(20)21)4-3-11(14)8-18-6-5-12(9-18)15(17)10-1-2-10/h3-7,9-10,15H,1-2,8,17H2. The zero-order valence-corrected chi connectivity index (χ0v) is 13.0. The largest absolute Gasteiger partial charge is 0.350 e. The van der Waals surface area contributed by atoms with Crippen LogP contribution >= 0.6 is 15.9 Å². The van der Waals surface area contributed by atoms with E-state index in [1.807, 2.05) is 6.20 Å². The van der Waals surface area contributed by atoms with Crippen LogP contribution in [-0.4, -0.2) is 9.49 Å². The van der Waals surface area contributed by atoms with E-state index in [0.29, 0.717) is 12.5 Å². The lowest BCUT2D eigenvalue weighted by atomic mass is 10.1. The summed E-state index contributed by atoms with van der Waals surface area (Å²) < 4.78 is 2.81. The summed E-state index contributed by atoms with van der Waals surface area (Å²) in [5.41, 5.74) is 8.45. The minimum Gasteiger partial charge on any atom is -0.350 e. The van der Waals surface area contributed by atoms with Gasteiger partial charge in [0.15, 0.2) is 0 Å². The summed E-state index contributed by atoms with van der Waals surface area (Å²) in [4.78, 5) is 10.3. The van der Waals surface area contributed by atoms with Crippen LogP contribution in [0.25, 0.3) is 0 Å². The molecule has 2 N–H and O–H groups in total.